The van der Waals surface area contributed by atoms with E-state index in [0.717, 1.165) is 41.1 Å². The second-order valence-electron chi connectivity index (χ2n) is 16.6. The van der Waals surface area contributed by atoms with Crippen LogP contribution in [-0.2, 0) is 27.2 Å². The molecular formula is C42H43N6O7+. The fraction of sp³-hybridized carbons (Fsp3) is 0.405. The molecule has 1 aliphatic carbocycles. The van der Waals surface area contributed by atoms with Crippen molar-refractivity contribution in [1.82, 2.24) is 9.97 Å². The normalized spacial score (nSPS) is 29.5. The summed E-state index contributed by atoms with van der Waals surface area (Å²) in [5.41, 5.74) is 15.6. The van der Waals surface area contributed by atoms with Gasteiger partial charge >= 0.3 is 5.97 Å². The average Bonchev–Trinajstić information content (AvgIpc) is 3.41. The Bertz CT molecular complexity index is 2510. The van der Waals surface area contributed by atoms with Crippen LogP contribution >= 0.6 is 0 Å². The number of rotatable bonds is 6. The zero-order valence-corrected chi connectivity index (χ0v) is 31.0. The van der Waals surface area contributed by atoms with E-state index in [-0.39, 0.29) is 40.1 Å². The molecule has 6 atom stereocenters. The molecule has 0 amide bonds. The SMILES string of the molecule is Cc1cc(=O)c2c(O)c3c(cc2o1)OC(C)(C)[C@@]12CC[C@H](C[C@@H]31)C[C@@]1(O[C@@H]1CCc1cc(N)nc(-c3cc(N)nc(C[NH+]4C=C5C=CN=C5C4)c3)c1)C(=O)O2. The van der Waals surface area contributed by atoms with E-state index in [1.807, 2.05) is 50.4 Å². The minimum absolute atomic E-state index is 0.110. The summed E-state index contributed by atoms with van der Waals surface area (Å²) in [7, 11) is 0. The molecule has 1 unspecified atom stereocenters. The summed E-state index contributed by atoms with van der Waals surface area (Å²) >= 11 is 0. The third-order valence-corrected chi connectivity index (χ3v) is 12.7. The number of carbonyl (C=O) groups is 1. The van der Waals surface area contributed by atoms with Gasteiger partial charge in [0.2, 0.25) is 0 Å². The number of hydrogen-bond acceptors (Lipinski definition) is 12. The lowest BCUT2D eigenvalue weighted by Gasteiger charge is -2.58. The minimum Gasteiger partial charge on any atom is -0.507 e. The Morgan fingerprint density at radius 1 is 1.04 bits per heavy atom. The highest BCUT2D eigenvalue weighted by molar-refractivity contribution is 6.06. The number of nitrogens with zero attached hydrogens (tertiary/aromatic N) is 3. The standard InChI is InChI=1S/C42H42N6O7/c1-21-10-30(49)37-31(52-21)16-32-36(38(37)50)27-11-23-6-8-42(27,40(2,3)53-32)55-39(51)41(17-23)33(54-41)5-4-22-12-28(47-34(43)13-22)25-14-26(46-35(44)15-25)19-48-18-24-7-9-45-29(24)20-48/h7,9-10,12-16,18,23,27,33,50H,4-6,8,11,17,19-20H2,1-3H3,(H2,43,47)(H2,44,46)/p+1/t23-,27+,33-,41+,42-/m1/s1. The van der Waals surface area contributed by atoms with Crippen LogP contribution in [0.2, 0.25) is 0 Å². The molecular weight excluding hydrogens is 700 g/mol. The summed E-state index contributed by atoms with van der Waals surface area (Å²) in [4.78, 5) is 42.3. The third-order valence-electron chi connectivity index (χ3n) is 12.7. The molecule has 4 fully saturated rings. The maximum Gasteiger partial charge on any atom is 0.341 e. The Hall–Kier alpha value is -5.53. The predicted molar refractivity (Wildman–Crippen MR) is 204 cm³/mol. The maximum absolute atomic E-state index is 14.3. The summed E-state index contributed by atoms with van der Waals surface area (Å²) in [5, 5.41) is 11.8. The second kappa shape index (κ2) is 11.7. The number of esters is 1. The lowest BCUT2D eigenvalue weighted by Crippen LogP contribution is -3.05. The van der Waals surface area contributed by atoms with Crippen molar-refractivity contribution in [3.8, 4) is 22.8 Å². The highest BCUT2D eigenvalue weighted by Crippen LogP contribution is 2.64. The van der Waals surface area contributed by atoms with E-state index >= 15 is 0 Å². The number of ether oxygens (including phenoxy) is 3. The third kappa shape index (κ3) is 5.30. The van der Waals surface area contributed by atoms with Gasteiger partial charge in [-0.3, -0.25) is 14.7 Å². The summed E-state index contributed by atoms with van der Waals surface area (Å²) in [5.74, 6) is 0.859. The molecule has 13 nitrogen and oxygen atoms in total. The van der Waals surface area contributed by atoms with Gasteiger partial charge in [0.25, 0.3) is 0 Å². The Labute approximate surface area is 316 Å². The summed E-state index contributed by atoms with van der Waals surface area (Å²) in [6, 6.07) is 10.8. The van der Waals surface area contributed by atoms with E-state index in [2.05, 4.69) is 21.2 Å². The molecule has 6 aliphatic heterocycles. The van der Waals surface area contributed by atoms with Crippen molar-refractivity contribution in [2.45, 2.75) is 94.7 Å². The second-order valence-corrected chi connectivity index (χ2v) is 16.6. The van der Waals surface area contributed by atoms with E-state index in [1.165, 1.54) is 11.0 Å². The summed E-state index contributed by atoms with van der Waals surface area (Å²) < 4.78 is 25.4. The average molecular weight is 744 g/mol. The number of allylic oxidation sites excluding steroid dienone is 1. The van der Waals surface area contributed by atoms with E-state index in [1.54, 1.807) is 13.0 Å². The van der Waals surface area contributed by atoms with Crippen molar-refractivity contribution in [1.29, 1.82) is 0 Å². The maximum atomic E-state index is 14.3. The molecule has 282 valence electrons. The lowest BCUT2D eigenvalue weighted by atomic mass is 9.58. The van der Waals surface area contributed by atoms with E-state index < -0.39 is 22.8 Å². The van der Waals surface area contributed by atoms with Gasteiger partial charge in [-0.25, -0.2) is 14.8 Å². The first-order chi connectivity index (χ1) is 26.3. The number of fused-ring (bicyclic) bond motifs is 5. The Morgan fingerprint density at radius 2 is 1.87 bits per heavy atom. The number of pyridine rings is 2. The molecule has 0 radical (unpaired) electrons. The van der Waals surface area contributed by atoms with E-state index in [9.17, 15) is 14.7 Å². The molecule has 7 aliphatic rings. The number of nitrogen functional groups attached to an aromatic ring is 2. The van der Waals surface area contributed by atoms with E-state index in [4.69, 9.17) is 30.1 Å². The number of nitrogens with two attached hydrogens (primary N) is 2. The Balaban J connectivity index is 0.886. The first-order valence-corrected chi connectivity index (χ1v) is 19.0. The van der Waals surface area contributed by atoms with Gasteiger partial charge in [0.1, 0.15) is 70.5 Å². The van der Waals surface area contributed by atoms with Crippen LogP contribution in [0.4, 0.5) is 11.6 Å². The van der Waals surface area contributed by atoms with Crippen molar-refractivity contribution >= 4 is 34.3 Å². The Kier molecular flexibility index (Phi) is 7.25. The highest BCUT2D eigenvalue weighted by Gasteiger charge is 2.71. The quantitative estimate of drug-likeness (QED) is 0.164. The van der Waals surface area contributed by atoms with Gasteiger partial charge in [-0.15, -0.1) is 0 Å². The van der Waals surface area contributed by atoms with Gasteiger partial charge in [-0.2, -0.15) is 0 Å². The molecule has 11 rings (SSSR count). The molecule has 1 saturated carbocycles. The van der Waals surface area contributed by atoms with Gasteiger partial charge in [0.05, 0.1) is 23.1 Å². The van der Waals surface area contributed by atoms with Crippen molar-refractivity contribution < 1.29 is 33.4 Å². The molecule has 55 heavy (non-hydrogen) atoms. The number of carbonyl (C=O) groups excluding carboxylic acids is 1. The topological polar surface area (TPSA) is 193 Å². The number of hydrogen-bond donors (Lipinski definition) is 4. The largest absolute Gasteiger partial charge is 0.507 e. The highest BCUT2D eigenvalue weighted by atomic mass is 16.7. The molecule has 9 heterocycles. The van der Waals surface area contributed by atoms with Gasteiger partial charge in [-0.1, -0.05) is 0 Å². The van der Waals surface area contributed by atoms with Gasteiger partial charge < -0.3 is 35.2 Å². The minimum atomic E-state index is -1.08. The molecule has 4 aromatic rings. The molecule has 13 heteroatoms. The molecule has 1 aromatic carbocycles. The number of epoxide rings is 1. The van der Waals surface area contributed by atoms with Crippen molar-refractivity contribution in [3.05, 3.63) is 93.3 Å². The number of phenols is 1. The first-order valence-electron chi connectivity index (χ1n) is 19.0. The number of quaternary nitrogens is 1. The molecule has 3 saturated heterocycles. The zero-order chi connectivity index (χ0) is 38.0. The smallest absolute Gasteiger partial charge is 0.341 e. The molecule has 3 aromatic heterocycles. The summed E-state index contributed by atoms with van der Waals surface area (Å²) in [6.45, 7) is 7.01. The molecule has 6 N–H and O–H groups in total. The molecule has 2 spiro atoms. The predicted octanol–water partition coefficient (Wildman–Crippen LogP) is 4.19. The number of aliphatic imine (C=N–C) groups is 1. The first kappa shape index (κ1) is 34.0. The number of anilines is 2. The van der Waals surface area contributed by atoms with Crippen molar-refractivity contribution in [2.24, 2.45) is 10.9 Å². The fourth-order valence-corrected chi connectivity index (χ4v) is 10.1. The summed E-state index contributed by atoms with van der Waals surface area (Å²) in [6.07, 6.45) is 9.41. The number of aryl methyl sites for hydroxylation is 2. The van der Waals surface area contributed by atoms with Crippen molar-refractivity contribution in [2.75, 3.05) is 18.0 Å². The zero-order valence-electron chi connectivity index (χ0n) is 31.0. The number of phenolic OH excluding ortho intramolecular Hbond substituents is 1. The molecule has 2 bridgehead atoms. The van der Waals surface area contributed by atoms with Crippen LogP contribution in [0.15, 0.2) is 74.7 Å². The van der Waals surface area contributed by atoms with Crippen LogP contribution in [0.5, 0.6) is 11.5 Å². The van der Waals surface area contributed by atoms with Crippen LogP contribution in [-0.4, -0.2) is 56.2 Å². The van der Waals surface area contributed by atoms with Crippen LogP contribution in [0.1, 0.15) is 74.5 Å². The van der Waals surface area contributed by atoms with Gasteiger partial charge in [-0.05, 0) is 101 Å². The van der Waals surface area contributed by atoms with Crippen LogP contribution in [0.25, 0.3) is 22.2 Å². The number of aromatic nitrogens is 2. The van der Waals surface area contributed by atoms with Crippen LogP contribution in [0.3, 0.4) is 0 Å². The van der Waals surface area contributed by atoms with Crippen LogP contribution < -0.4 is 26.5 Å². The lowest BCUT2D eigenvalue weighted by molar-refractivity contribution is -0.848. The van der Waals surface area contributed by atoms with Gasteiger partial charge in [0, 0.05) is 35.4 Å². The van der Waals surface area contributed by atoms with Crippen molar-refractivity contribution in [3.63, 3.8) is 0 Å². The number of nitrogens with one attached hydrogen (secondary N) is 1. The number of benzene rings is 1. The van der Waals surface area contributed by atoms with E-state index in [0.29, 0.717) is 73.1 Å². The monoisotopic (exact) mass is 743 g/mol. The Morgan fingerprint density at radius 3 is 2.71 bits per heavy atom. The fourth-order valence-electron chi connectivity index (χ4n) is 10.1. The van der Waals surface area contributed by atoms with Crippen LogP contribution in [0, 0.1) is 12.8 Å². The number of aromatic hydroxyl groups is 1. The van der Waals surface area contributed by atoms with Gasteiger partial charge in [0.15, 0.2) is 16.6 Å².